The van der Waals surface area contributed by atoms with E-state index in [2.05, 4.69) is 5.32 Å². The maximum atomic E-state index is 12.6. The van der Waals surface area contributed by atoms with E-state index in [1.165, 1.54) is 7.05 Å². The lowest BCUT2D eigenvalue weighted by Gasteiger charge is -2.25. The van der Waals surface area contributed by atoms with Gasteiger partial charge in [-0.15, -0.1) is 0 Å². The molecule has 2 aromatic rings. The molecule has 6 heteroatoms. The van der Waals surface area contributed by atoms with Crippen LogP contribution in [0.1, 0.15) is 11.6 Å². The van der Waals surface area contributed by atoms with Crippen LogP contribution in [0.5, 0.6) is 0 Å². The molecule has 0 aliphatic heterocycles. The molecule has 0 unspecified atom stereocenters. The number of sulfonamides is 1. The molecule has 0 heterocycles. The molecule has 5 nitrogen and oxygen atoms in total. The molecule has 116 valence electrons. The molecule has 22 heavy (non-hydrogen) atoms. The van der Waals surface area contributed by atoms with E-state index in [9.17, 15) is 13.2 Å². The predicted octanol–water partition coefficient (Wildman–Crippen LogP) is 2.26. The number of anilines is 1. The third kappa shape index (κ3) is 3.93. The minimum Gasteiger partial charge on any atom is -0.324 e. The maximum absolute atomic E-state index is 12.6. The highest BCUT2D eigenvalue weighted by Crippen LogP contribution is 2.23. The average molecular weight is 318 g/mol. The second-order valence-electron chi connectivity index (χ2n) is 4.95. The molecule has 0 radical (unpaired) electrons. The maximum Gasteiger partial charge on any atom is 0.247 e. The van der Waals surface area contributed by atoms with Crippen molar-refractivity contribution in [2.24, 2.45) is 0 Å². The number of hydrogen-bond donors (Lipinski definition) is 1. The SMILES string of the molecule is CN([C@@H](C(=O)Nc1ccccc1)c1ccccc1)S(C)(=O)=O. The summed E-state index contributed by atoms with van der Waals surface area (Å²) < 4.78 is 24.8. The van der Waals surface area contributed by atoms with Crippen LogP contribution in [-0.4, -0.2) is 31.9 Å². The summed E-state index contributed by atoms with van der Waals surface area (Å²) >= 11 is 0. The number of rotatable bonds is 5. The number of nitrogens with zero attached hydrogens (tertiary/aromatic N) is 1. The average Bonchev–Trinajstić information content (AvgIpc) is 2.48. The molecule has 0 saturated heterocycles. The normalized spacial score (nSPS) is 12.9. The van der Waals surface area contributed by atoms with Gasteiger partial charge in [0, 0.05) is 12.7 Å². The van der Waals surface area contributed by atoms with Crippen LogP contribution in [0, 0.1) is 0 Å². The van der Waals surface area contributed by atoms with Crippen molar-refractivity contribution in [3.05, 3.63) is 66.2 Å². The van der Waals surface area contributed by atoms with Crippen LogP contribution in [-0.2, 0) is 14.8 Å². The van der Waals surface area contributed by atoms with Crippen LogP contribution in [0.15, 0.2) is 60.7 Å². The molecule has 1 N–H and O–H groups in total. The largest absolute Gasteiger partial charge is 0.324 e. The quantitative estimate of drug-likeness (QED) is 0.919. The number of amides is 1. The Morgan fingerprint density at radius 3 is 2.00 bits per heavy atom. The lowest BCUT2D eigenvalue weighted by atomic mass is 10.1. The van der Waals surface area contributed by atoms with Crippen molar-refractivity contribution in [1.82, 2.24) is 4.31 Å². The number of benzene rings is 2. The monoisotopic (exact) mass is 318 g/mol. The summed E-state index contributed by atoms with van der Waals surface area (Å²) in [7, 11) is -2.11. The van der Waals surface area contributed by atoms with E-state index in [0.717, 1.165) is 10.6 Å². The van der Waals surface area contributed by atoms with E-state index in [1.807, 2.05) is 12.1 Å². The van der Waals surface area contributed by atoms with Crippen molar-refractivity contribution >= 4 is 21.6 Å². The van der Waals surface area contributed by atoms with Crippen LogP contribution in [0.4, 0.5) is 5.69 Å². The zero-order valence-corrected chi connectivity index (χ0v) is 13.2. The lowest BCUT2D eigenvalue weighted by Crippen LogP contribution is -2.38. The Labute approximate surface area is 130 Å². The smallest absolute Gasteiger partial charge is 0.247 e. The molecule has 0 bridgehead atoms. The Morgan fingerprint density at radius 2 is 1.50 bits per heavy atom. The standard InChI is InChI=1S/C16H18N2O3S/c1-18(22(2,20)21)15(13-9-5-3-6-10-13)16(19)17-14-11-7-4-8-12-14/h3-12,15H,1-2H3,(H,17,19)/t15-/m1/s1. The molecule has 0 spiro atoms. The molecule has 0 saturated carbocycles. The number of likely N-dealkylation sites (N-methyl/N-ethyl adjacent to an activating group) is 1. The van der Waals surface area contributed by atoms with Crippen molar-refractivity contribution < 1.29 is 13.2 Å². The summed E-state index contributed by atoms with van der Waals surface area (Å²) in [5, 5.41) is 2.75. The van der Waals surface area contributed by atoms with Crippen LogP contribution < -0.4 is 5.32 Å². The highest BCUT2D eigenvalue weighted by atomic mass is 32.2. The Balaban J connectivity index is 2.34. The fraction of sp³-hybridized carbons (Fsp3) is 0.188. The zero-order chi connectivity index (χ0) is 16.2. The summed E-state index contributed by atoms with van der Waals surface area (Å²) in [4.78, 5) is 12.6. The van der Waals surface area contributed by atoms with E-state index in [-0.39, 0.29) is 0 Å². The van der Waals surface area contributed by atoms with Crippen LogP contribution >= 0.6 is 0 Å². The van der Waals surface area contributed by atoms with Gasteiger partial charge in [-0.05, 0) is 17.7 Å². The second kappa shape index (κ2) is 6.72. The number of carbonyl (C=O) groups is 1. The van der Waals surface area contributed by atoms with Gasteiger partial charge in [-0.25, -0.2) is 8.42 Å². The van der Waals surface area contributed by atoms with Crippen LogP contribution in [0.25, 0.3) is 0 Å². The summed E-state index contributed by atoms with van der Waals surface area (Å²) in [5.41, 5.74) is 1.24. The van der Waals surface area contributed by atoms with Gasteiger partial charge in [0.05, 0.1) is 6.26 Å². The summed E-state index contributed by atoms with van der Waals surface area (Å²) in [6.45, 7) is 0. The predicted molar refractivity (Wildman–Crippen MR) is 86.9 cm³/mol. The molecule has 0 aliphatic carbocycles. The van der Waals surface area contributed by atoms with Crippen molar-refractivity contribution in [1.29, 1.82) is 0 Å². The first-order chi connectivity index (χ1) is 10.4. The highest BCUT2D eigenvalue weighted by molar-refractivity contribution is 7.88. The molecule has 0 aromatic heterocycles. The van der Waals surface area contributed by atoms with Gasteiger partial charge in [0.25, 0.3) is 0 Å². The van der Waals surface area contributed by atoms with Crippen LogP contribution in [0.2, 0.25) is 0 Å². The number of carbonyl (C=O) groups excluding carboxylic acids is 1. The molecule has 2 aromatic carbocycles. The van der Waals surface area contributed by atoms with Gasteiger partial charge >= 0.3 is 0 Å². The fourth-order valence-corrected chi connectivity index (χ4v) is 2.69. The second-order valence-corrected chi connectivity index (χ2v) is 6.99. The Hall–Kier alpha value is -2.18. The summed E-state index contributed by atoms with van der Waals surface area (Å²) in [6, 6.07) is 16.8. The van der Waals surface area contributed by atoms with Gasteiger partial charge in [-0.3, -0.25) is 4.79 Å². The zero-order valence-electron chi connectivity index (χ0n) is 12.4. The van der Waals surface area contributed by atoms with Crippen LogP contribution in [0.3, 0.4) is 0 Å². The highest BCUT2D eigenvalue weighted by Gasteiger charge is 2.30. The van der Waals surface area contributed by atoms with Gasteiger partial charge in [0.15, 0.2) is 0 Å². The summed E-state index contributed by atoms with van der Waals surface area (Å²) in [6.07, 6.45) is 1.08. The first kappa shape index (κ1) is 16.2. The Bertz CT molecular complexity index is 731. The molecule has 2 rings (SSSR count). The van der Waals surface area contributed by atoms with Gasteiger partial charge in [-0.1, -0.05) is 48.5 Å². The lowest BCUT2D eigenvalue weighted by molar-refractivity contribution is -0.119. The minimum absolute atomic E-state index is 0.398. The first-order valence-corrected chi connectivity index (χ1v) is 8.58. The van der Waals surface area contributed by atoms with Crippen molar-refractivity contribution in [3.63, 3.8) is 0 Å². The van der Waals surface area contributed by atoms with E-state index in [1.54, 1.807) is 48.5 Å². The number of para-hydroxylation sites is 1. The van der Waals surface area contributed by atoms with E-state index >= 15 is 0 Å². The third-order valence-electron chi connectivity index (χ3n) is 3.29. The van der Waals surface area contributed by atoms with E-state index in [0.29, 0.717) is 11.3 Å². The number of hydrogen-bond acceptors (Lipinski definition) is 3. The topological polar surface area (TPSA) is 66.5 Å². The van der Waals surface area contributed by atoms with Gasteiger partial charge in [0.2, 0.25) is 15.9 Å². The molecular weight excluding hydrogens is 300 g/mol. The molecule has 1 atom stereocenters. The fourth-order valence-electron chi connectivity index (χ4n) is 2.09. The van der Waals surface area contributed by atoms with Crippen molar-refractivity contribution in [3.8, 4) is 0 Å². The van der Waals surface area contributed by atoms with Crippen molar-refractivity contribution in [2.75, 3.05) is 18.6 Å². The third-order valence-corrected chi connectivity index (χ3v) is 4.55. The molecule has 0 fully saturated rings. The molecule has 0 aliphatic rings. The van der Waals surface area contributed by atoms with Gasteiger partial charge in [0.1, 0.15) is 6.04 Å². The van der Waals surface area contributed by atoms with Crippen molar-refractivity contribution in [2.45, 2.75) is 6.04 Å². The number of nitrogens with one attached hydrogen (secondary N) is 1. The van der Waals surface area contributed by atoms with Gasteiger partial charge in [-0.2, -0.15) is 4.31 Å². The Morgan fingerprint density at radius 1 is 1.00 bits per heavy atom. The van der Waals surface area contributed by atoms with Gasteiger partial charge < -0.3 is 5.32 Å². The molecule has 1 amide bonds. The Kier molecular flexibility index (Phi) is 4.95. The first-order valence-electron chi connectivity index (χ1n) is 6.73. The molecular formula is C16H18N2O3S. The van der Waals surface area contributed by atoms with E-state index < -0.39 is 22.0 Å². The summed E-state index contributed by atoms with van der Waals surface area (Å²) in [5.74, 6) is -0.398. The minimum atomic E-state index is -3.51. The van der Waals surface area contributed by atoms with E-state index in [4.69, 9.17) is 0 Å².